The molecule has 0 aromatic carbocycles. The summed E-state index contributed by atoms with van der Waals surface area (Å²) in [5, 5.41) is 13.4. The maximum Gasteiger partial charge on any atom is 0.408 e. The van der Waals surface area contributed by atoms with Gasteiger partial charge in [0, 0.05) is 43.1 Å². The second kappa shape index (κ2) is 12.0. The zero-order valence-electron chi connectivity index (χ0n) is 18.4. The molecule has 176 valence electrons. The molecule has 5 heterocycles. The number of fused-ring (bicyclic) bond motifs is 3. The maximum atomic E-state index is 12.8. The summed E-state index contributed by atoms with van der Waals surface area (Å²) in [5.74, 6) is 1.34. The van der Waals surface area contributed by atoms with Crippen LogP contribution in [0, 0.1) is 5.92 Å². The number of ether oxygens (including phenoxy) is 2. The lowest BCUT2D eigenvalue weighted by Gasteiger charge is -2.51. The molecule has 2 aromatic heterocycles. The highest BCUT2D eigenvalue weighted by Crippen LogP contribution is 2.35. The van der Waals surface area contributed by atoms with Crippen LogP contribution in [0.5, 0.6) is 0 Å². The number of quaternary nitrogens is 1. The van der Waals surface area contributed by atoms with Gasteiger partial charge in [0.25, 0.3) is 0 Å². The summed E-state index contributed by atoms with van der Waals surface area (Å²) in [4.78, 5) is 22.1. The van der Waals surface area contributed by atoms with Crippen LogP contribution in [0.25, 0.3) is 0 Å². The van der Waals surface area contributed by atoms with Gasteiger partial charge >= 0.3 is 6.09 Å². The van der Waals surface area contributed by atoms with Gasteiger partial charge in [-0.25, -0.2) is 4.79 Å². The van der Waals surface area contributed by atoms with Gasteiger partial charge in [-0.05, 0) is 30.5 Å². The van der Waals surface area contributed by atoms with Gasteiger partial charge in [-0.15, -0.1) is 11.3 Å². The molecule has 3 aliphatic rings. The van der Waals surface area contributed by atoms with Crippen LogP contribution in [0.4, 0.5) is 4.79 Å². The van der Waals surface area contributed by atoms with E-state index >= 15 is 0 Å². The zero-order valence-corrected chi connectivity index (χ0v) is 19.3. The molecule has 3 saturated heterocycles. The van der Waals surface area contributed by atoms with E-state index < -0.39 is 6.47 Å². The van der Waals surface area contributed by atoms with Crippen molar-refractivity contribution in [3.8, 4) is 0 Å². The predicted molar refractivity (Wildman–Crippen MR) is 118 cm³/mol. The highest BCUT2D eigenvalue weighted by Gasteiger charge is 2.47. The van der Waals surface area contributed by atoms with Gasteiger partial charge in [0.15, 0.2) is 6.10 Å². The highest BCUT2D eigenvalue weighted by atomic mass is 32.1. The molecule has 1 unspecified atom stereocenters. The molecule has 2 atom stereocenters. The minimum absolute atomic E-state index is 0.00766. The Morgan fingerprint density at radius 2 is 2.16 bits per heavy atom. The number of alkyl carbamates (subject to hydrolysis) is 1. The molecule has 3 fully saturated rings. The average Bonchev–Trinajstić information content (AvgIpc) is 3.49. The van der Waals surface area contributed by atoms with E-state index in [1.807, 2.05) is 36.6 Å². The lowest BCUT2D eigenvalue weighted by molar-refractivity contribution is -0.946. The number of carbonyl (C=O) groups excluding carboxylic acids is 2. The maximum absolute atomic E-state index is 12.8. The number of carboxylic acid groups (broad SMARTS) is 1. The first-order valence-electron chi connectivity index (χ1n) is 11.1. The fourth-order valence-corrected chi connectivity index (χ4v) is 5.51. The molecule has 32 heavy (non-hydrogen) atoms. The molecule has 0 saturated carbocycles. The van der Waals surface area contributed by atoms with Crippen molar-refractivity contribution in [3.63, 3.8) is 0 Å². The van der Waals surface area contributed by atoms with Crippen molar-refractivity contribution in [2.75, 3.05) is 39.4 Å². The molecule has 0 aliphatic carbocycles. The SMILES string of the molecule is CCOCC[N+]12CCC(CC1)[C@@H](OC(=O)NC(Cc1ccco1)c1cccs1)C2.O=C[O-]. The molecular formula is C23H32N2O6S. The Balaban J connectivity index is 0.000000913. The molecule has 9 heteroatoms. The summed E-state index contributed by atoms with van der Waals surface area (Å²) in [6, 6.07) is 7.71. The number of piperidine rings is 3. The van der Waals surface area contributed by atoms with Crippen molar-refractivity contribution in [2.45, 2.75) is 38.3 Å². The molecule has 2 aromatic rings. The van der Waals surface area contributed by atoms with E-state index in [0.29, 0.717) is 12.3 Å². The van der Waals surface area contributed by atoms with Crippen LogP contribution in [-0.2, 0) is 20.7 Å². The molecule has 5 rings (SSSR count). The summed E-state index contributed by atoms with van der Waals surface area (Å²) < 4.78 is 18.1. The Kier molecular flexibility index (Phi) is 9.13. The Morgan fingerprint density at radius 3 is 2.78 bits per heavy atom. The topological polar surface area (TPSA) is 101 Å². The van der Waals surface area contributed by atoms with E-state index in [1.165, 1.54) is 13.1 Å². The number of hydrogen-bond acceptors (Lipinski definition) is 7. The Labute approximate surface area is 192 Å². The van der Waals surface area contributed by atoms with Crippen molar-refractivity contribution < 1.29 is 33.1 Å². The summed E-state index contributed by atoms with van der Waals surface area (Å²) in [7, 11) is 0. The number of hydrogen-bond donors (Lipinski definition) is 1. The minimum atomic E-state index is -0.500. The van der Waals surface area contributed by atoms with Crippen molar-refractivity contribution in [1.29, 1.82) is 0 Å². The fraction of sp³-hybridized carbons (Fsp3) is 0.565. The first-order valence-corrected chi connectivity index (χ1v) is 12.0. The van der Waals surface area contributed by atoms with Crippen LogP contribution in [0.1, 0.15) is 36.4 Å². The lowest BCUT2D eigenvalue weighted by Crippen LogP contribution is -2.65. The van der Waals surface area contributed by atoms with Crippen LogP contribution in [0.15, 0.2) is 40.3 Å². The van der Waals surface area contributed by atoms with Crippen molar-refractivity contribution in [3.05, 3.63) is 46.5 Å². The Morgan fingerprint density at radius 1 is 1.38 bits per heavy atom. The predicted octanol–water partition coefficient (Wildman–Crippen LogP) is 2.36. The van der Waals surface area contributed by atoms with Gasteiger partial charge in [-0.1, -0.05) is 6.07 Å². The van der Waals surface area contributed by atoms with Gasteiger partial charge in [0.2, 0.25) is 0 Å². The van der Waals surface area contributed by atoms with Gasteiger partial charge in [0.05, 0.1) is 32.0 Å². The van der Waals surface area contributed by atoms with Crippen LogP contribution in [0.3, 0.4) is 0 Å². The first-order chi connectivity index (χ1) is 15.6. The third-order valence-electron chi connectivity index (χ3n) is 6.38. The monoisotopic (exact) mass is 464 g/mol. The largest absolute Gasteiger partial charge is 0.554 e. The van der Waals surface area contributed by atoms with Gasteiger partial charge in [-0.3, -0.25) is 0 Å². The number of nitrogens with zero attached hydrogens (tertiary/aromatic N) is 1. The molecule has 1 amide bonds. The van der Waals surface area contributed by atoms with E-state index in [0.717, 1.165) is 54.3 Å². The third kappa shape index (κ3) is 6.57. The van der Waals surface area contributed by atoms with Crippen LogP contribution < -0.4 is 10.4 Å². The second-order valence-electron chi connectivity index (χ2n) is 8.27. The number of nitrogens with one attached hydrogen (secondary N) is 1. The minimum Gasteiger partial charge on any atom is -0.554 e. The van der Waals surface area contributed by atoms with E-state index in [1.54, 1.807) is 17.6 Å². The zero-order chi connectivity index (χ0) is 22.8. The van der Waals surface area contributed by atoms with Crippen molar-refractivity contribution in [2.24, 2.45) is 5.92 Å². The number of furan rings is 1. The molecule has 1 N–H and O–H groups in total. The second-order valence-corrected chi connectivity index (χ2v) is 9.24. The molecule has 0 radical (unpaired) electrons. The smallest absolute Gasteiger partial charge is 0.408 e. The molecule has 8 nitrogen and oxygen atoms in total. The first kappa shape index (κ1) is 24.3. The summed E-state index contributed by atoms with van der Waals surface area (Å²) >= 11 is 1.63. The fourth-order valence-electron chi connectivity index (χ4n) is 4.73. The standard InChI is InChI=1S/C22H30N2O4S.CH2O2/c1-2-26-13-11-24-9-7-17(8-10-24)20(16-24)28-22(25)23-19(21-6-4-14-29-21)15-18-5-3-12-27-18;2-1-3/h3-6,12,14,17,19-20H,2,7-11,13,15-16H2,1H3;1H,(H,2,3)/t17?,19?,20-,24?;/m0./s1. The Hall–Kier alpha value is -2.36. The highest BCUT2D eigenvalue weighted by molar-refractivity contribution is 7.10. The summed E-state index contributed by atoms with van der Waals surface area (Å²) in [6.45, 7) is 7.34. The van der Waals surface area contributed by atoms with Gasteiger partial charge in [0.1, 0.15) is 18.8 Å². The lowest BCUT2D eigenvalue weighted by atomic mass is 9.83. The average molecular weight is 465 g/mol. The molecular weight excluding hydrogens is 432 g/mol. The summed E-state index contributed by atoms with van der Waals surface area (Å²) in [6.07, 6.45) is 4.21. The number of rotatable bonds is 9. The molecule has 2 bridgehead atoms. The van der Waals surface area contributed by atoms with Crippen LogP contribution >= 0.6 is 11.3 Å². The summed E-state index contributed by atoms with van der Waals surface area (Å²) in [5.41, 5.74) is 0. The van der Waals surface area contributed by atoms with Gasteiger partial charge in [-0.2, -0.15) is 0 Å². The molecule has 3 aliphatic heterocycles. The van der Waals surface area contributed by atoms with Crippen molar-refractivity contribution in [1.82, 2.24) is 5.32 Å². The van der Waals surface area contributed by atoms with Crippen molar-refractivity contribution >= 4 is 23.9 Å². The number of carbonyl (C=O) groups is 2. The number of thiophene rings is 1. The van der Waals surface area contributed by atoms with E-state index in [-0.39, 0.29) is 18.2 Å². The van der Waals surface area contributed by atoms with E-state index in [9.17, 15) is 4.79 Å². The Bertz CT molecular complexity index is 803. The quantitative estimate of drug-likeness (QED) is 0.347. The van der Waals surface area contributed by atoms with Crippen LogP contribution in [-0.4, -0.2) is 62.5 Å². The van der Waals surface area contributed by atoms with E-state index in [2.05, 4.69) is 5.32 Å². The third-order valence-corrected chi connectivity index (χ3v) is 7.36. The normalized spacial score (nSPS) is 24.8. The molecule has 0 spiro atoms. The van der Waals surface area contributed by atoms with Crippen LogP contribution in [0.2, 0.25) is 0 Å². The van der Waals surface area contributed by atoms with E-state index in [4.69, 9.17) is 23.8 Å². The van der Waals surface area contributed by atoms with Gasteiger partial charge < -0.3 is 33.6 Å². The number of amides is 1.